The van der Waals surface area contributed by atoms with Gasteiger partial charge in [0.1, 0.15) is 5.82 Å². The first kappa shape index (κ1) is 10.9. The predicted molar refractivity (Wildman–Crippen MR) is 61.3 cm³/mol. The fourth-order valence-electron chi connectivity index (χ4n) is 1.08. The van der Waals surface area contributed by atoms with Crippen LogP contribution in [0.5, 0.6) is 0 Å². The zero-order valence-electron chi connectivity index (χ0n) is 7.99. The minimum atomic E-state index is -0.121. The van der Waals surface area contributed by atoms with E-state index in [1.807, 2.05) is 20.0 Å². The molecule has 0 saturated heterocycles. The number of hydrogen-bond donors (Lipinski definition) is 1. The van der Waals surface area contributed by atoms with Crippen LogP contribution in [0.3, 0.4) is 0 Å². The highest BCUT2D eigenvalue weighted by Gasteiger charge is 2.08. The van der Waals surface area contributed by atoms with Gasteiger partial charge in [0.05, 0.1) is 0 Å². The third-order valence-corrected chi connectivity index (χ3v) is 3.36. The molecule has 0 saturated carbocycles. The fourth-order valence-corrected chi connectivity index (χ4v) is 1.70. The largest absolute Gasteiger partial charge is 0.313 e. The van der Waals surface area contributed by atoms with E-state index in [-0.39, 0.29) is 11.9 Å². The van der Waals surface area contributed by atoms with Gasteiger partial charge in [-0.25, -0.2) is 4.39 Å². The Morgan fingerprint density at radius 2 is 2.08 bits per heavy atom. The molecule has 0 aromatic heterocycles. The quantitative estimate of drug-likeness (QED) is 0.827. The number of benzene rings is 1. The van der Waals surface area contributed by atoms with Crippen LogP contribution in [0, 0.1) is 16.3 Å². The Morgan fingerprint density at radius 3 is 2.54 bits per heavy atom. The van der Waals surface area contributed by atoms with Crippen molar-refractivity contribution in [2.45, 2.75) is 19.9 Å². The molecule has 0 unspecified atom stereocenters. The Bertz CT molecular complexity index is 289. The number of nitrogens with one attached hydrogen (secondary N) is 1. The fraction of sp³-hybridized carbons (Fsp3) is 0.400. The van der Waals surface area contributed by atoms with E-state index in [0.29, 0.717) is 0 Å². The van der Waals surface area contributed by atoms with Gasteiger partial charge in [0.15, 0.2) is 0 Å². The van der Waals surface area contributed by atoms with Gasteiger partial charge in [-0.15, -0.1) is 0 Å². The molecule has 3 heteroatoms. The van der Waals surface area contributed by atoms with Crippen LogP contribution in [-0.4, -0.2) is 7.05 Å². The highest BCUT2D eigenvalue weighted by Crippen LogP contribution is 2.21. The molecule has 1 atom stereocenters. The van der Waals surface area contributed by atoms with Gasteiger partial charge in [0.25, 0.3) is 0 Å². The molecule has 0 aliphatic carbocycles. The molecule has 0 aliphatic rings. The van der Waals surface area contributed by atoms with Gasteiger partial charge in [0.2, 0.25) is 0 Å². The van der Waals surface area contributed by atoms with E-state index in [9.17, 15) is 4.39 Å². The summed E-state index contributed by atoms with van der Waals surface area (Å²) in [5, 5.41) is 3.09. The molecule has 0 bridgehead atoms. The van der Waals surface area contributed by atoms with Crippen molar-refractivity contribution in [3.8, 4) is 0 Å². The normalized spacial score (nSPS) is 13.0. The molecule has 13 heavy (non-hydrogen) atoms. The van der Waals surface area contributed by atoms with Crippen molar-refractivity contribution in [3.05, 3.63) is 32.6 Å². The summed E-state index contributed by atoms with van der Waals surface area (Å²) in [5.41, 5.74) is 1.72. The van der Waals surface area contributed by atoms with Gasteiger partial charge in [0, 0.05) is 9.61 Å². The first-order chi connectivity index (χ1) is 6.06. The smallest absolute Gasteiger partial charge is 0.127 e. The first-order valence-electron chi connectivity index (χ1n) is 4.19. The van der Waals surface area contributed by atoms with Crippen molar-refractivity contribution >= 4 is 22.6 Å². The molecule has 1 rings (SSSR count). The molecule has 72 valence electrons. The molecule has 1 N–H and O–H groups in total. The highest BCUT2D eigenvalue weighted by atomic mass is 127. The van der Waals surface area contributed by atoms with Crippen molar-refractivity contribution in [2.24, 2.45) is 0 Å². The molecular formula is C10H13FIN. The number of hydrogen-bond acceptors (Lipinski definition) is 1. The van der Waals surface area contributed by atoms with Crippen LogP contribution < -0.4 is 5.32 Å². The second-order valence-corrected chi connectivity index (χ2v) is 4.28. The Labute approximate surface area is 91.9 Å². The monoisotopic (exact) mass is 293 g/mol. The van der Waals surface area contributed by atoms with Gasteiger partial charge in [-0.3, -0.25) is 0 Å². The van der Waals surface area contributed by atoms with Gasteiger partial charge in [-0.2, -0.15) is 0 Å². The number of rotatable bonds is 2. The molecule has 0 amide bonds. The zero-order chi connectivity index (χ0) is 10.0. The number of halogens is 2. The zero-order valence-corrected chi connectivity index (χ0v) is 10.1. The van der Waals surface area contributed by atoms with Crippen LogP contribution in [0.2, 0.25) is 0 Å². The summed E-state index contributed by atoms with van der Waals surface area (Å²) in [5.74, 6) is -0.121. The summed E-state index contributed by atoms with van der Waals surface area (Å²) >= 11 is 2.16. The van der Waals surface area contributed by atoms with Gasteiger partial charge in [-0.05, 0) is 66.7 Å². The lowest BCUT2D eigenvalue weighted by Gasteiger charge is -2.12. The van der Waals surface area contributed by atoms with E-state index in [0.717, 1.165) is 14.7 Å². The van der Waals surface area contributed by atoms with Crippen LogP contribution in [-0.2, 0) is 0 Å². The molecular weight excluding hydrogens is 280 g/mol. The summed E-state index contributed by atoms with van der Waals surface area (Å²) < 4.78 is 14.3. The van der Waals surface area contributed by atoms with E-state index in [1.165, 1.54) is 0 Å². The molecule has 0 radical (unpaired) electrons. The van der Waals surface area contributed by atoms with Gasteiger partial charge >= 0.3 is 0 Å². The summed E-state index contributed by atoms with van der Waals surface area (Å²) in [6.07, 6.45) is 0. The van der Waals surface area contributed by atoms with Crippen LogP contribution in [0.1, 0.15) is 24.1 Å². The Kier molecular flexibility index (Phi) is 3.67. The maximum atomic E-state index is 13.3. The van der Waals surface area contributed by atoms with Crippen molar-refractivity contribution in [1.82, 2.24) is 5.32 Å². The SMILES string of the molecule is CN[C@H](C)c1cc(F)c(C)c(I)c1. The second kappa shape index (κ2) is 4.37. The molecule has 1 nitrogen and oxygen atoms in total. The predicted octanol–water partition coefficient (Wildman–Crippen LogP) is 3.02. The highest BCUT2D eigenvalue weighted by molar-refractivity contribution is 14.1. The maximum absolute atomic E-state index is 13.3. The summed E-state index contributed by atoms with van der Waals surface area (Å²) in [6.45, 7) is 3.81. The van der Waals surface area contributed by atoms with Crippen LogP contribution >= 0.6 is 22.6 Å². The lowest BCUT2D eigenvalue weighted by Crippen LogP contribution is -2.13. The molecule has 0 fully saturated rings. The second-order valence-electron chi connectivity index (χ2n) is 3.12. The van der Waals surface area contributed by atoms with E-state index >= 15 is 0 Å². The average molecular weight is 293 g/mol. The Hall–Kier alpha value is -0.160. The summed E-state index contributed by atoms with van der Waals surface area (Å²) in [6, 6.07) is 3.81. The standard InChI is InChI=1S/C10H13FIN/c1-6-9(11)4-8(5-10(6)12)7(2)13-3/h4-5,7,13H,1-3H3/t7-/m1/s1. The van der Waals surface area contributed by atoms with E-state index in [4.69, 9.17) is 0 Å². The third-order valence-electron chi connectivity index (χ3n) is 2.24. The molecule has 0 spiro atoms. The minimum Gasteiger partial charge on any atom is -0.313 e. The molecule has 1 aromatic carbocycles. The third kappa shape index (κ3) is 2.40. The van der Waals surface area contributed by atoms with Crippen LogP contribution in [0.15, 0.2) is 12.1 Å². The van der Waals surface area contributed by atoms with E-state index < -0.39 is 0 Å². The van der Waals surface area contributed by atoms with Gasteiger partial charge in [-0.1, -0.05) is 0 Å². The Morgan fingerprint density at radius 1 is 1.46 bits per heavy atom. The summed E-state index contributed by atoms with van der Waals surface area (Å²) in [7, 11) is 1.87. The van der Waals surface area contributed by atoms with Crippen LogP contribution in [0.25, 0.3) is 0 Å². The van der Waals surface area contributed by atoms with E-state index in [1.54, 1.807) is 13.0 Å². The maximum Gasteiger partial charge on any atom is 0.127 e. The van der Waals surface area contributed by atoms with Crippen molar-refractivity contribution in [1.29, 1.82) is 0 Å². The van der Waals surface area contributed by atoms with Crippen molar-refractivity contribution < 1.29 is 4.39 Å². The van der Waals surface area contributed by atoms with Crippen molar-refractivity contribution in [3.63, 3.8) is 0 Å². The Balaban J connectivity index is 3.13. The van der Waals surface area contributed by atoms with Crippen LogP contribution in [0.4, 0.5) is 4.39 Å². The minimum absolute atomic E-state index is 0.121. The van der Waals surface area contributed by atoms with E-state index in [2.05, 4.69) is 27.9 Å². The lowest BCUT2D eigenvalue weighted by atomic mass is 10.1. The summed E-state index contributed by atoms with van der Waals surface area (Å²) in [4.78, 5) is 0. The van der Waals surface area contributed by atoms with Gasteiger partial charge < -0.3 is 5.32 Å². The lowest BCUT2D eigenvalue weighted by molar-refractivity contribution is 0.600. The molecule has 1 aromatic rings. The first-order valence-corrected chi connectivity index (χ1v) is 5.27. The molecule has 0 aliphatic heterocycles. The van der Waals surface area contributed by atoms with Crippen molar-refractivity contribution in [2.75, 3.05) is 7.05 Å². The molecule has 0 heterocycles. The topological polar surface area (TPSA) is 12.0 Å². The average Bonchev–Trinajstić information content (AvgIpc) is 2.12.